The van der Waals surface area contributed by atoms with Crippen LogP contribution in [0.4, 0.5) is 0 Å². The maximum atomic E-state index is 6.85. The van der Waals surface area contributed by atoms with Gasteiger partial charge in [0.2, 0.25) is 0 Å². The minimum atomic E-state index is 0.577. The lowest BCUT2D eigenvalue weighted by Gasteiger charge is -2.11. The number of aromatic nitrogens is 3. The van der Waals surface area contributed by atoms with Crippen molar-refractivity contribution in [2.75, 3.05) is 0 Å². The summed E-state index contributed by atoms with van der Waals surface area (Å²) in [5.74, 6) is 1.80. The first-order chi connectivity index (χ1) is 24.3. The SMILES string of the molecule is c1ccc(-c2nc(-c3ccc(-c4ccc5ccccc5c4)cc3)nc(-c3c4ccccc4cc4c3oc3c5ccccc5ccc43)n2)cc1. The van der Waals surface area contributed by atoms with E-state index in [4.69, 9.17) is 19.4 Å². The van der Waals surface area contributed by atoms with Crippen molar-refractivity contribution >= 4 is 54.3 Å². The molecule has 0 saturated heterocycles. The van der Waals surface area contributed by atoms with Gasteiger partial charge in [-0.05, 0) is 56.3 Å². The molecule has 0 atom stereocenters. The zero-order chi connectivity index (χ0) is 32.3. The van der Waals surface area contributed by atoms with Gasteiger partial charge in [-0.1, -0.05) is 146 Å². The Balaban J connectivity index is 1.20. The third-order valence-corrected chi connectivity index (χ3v) is 9.49. The van der Waals surface area contributed by atoms with E-state index in [1.807, 2.05) is 30.3 Å². The van der Waals surface area contributed by atoms with Gasteiger partial charge in [-0.3, -0.25) is 0 Å². The van der Waals surface area contributed by atoms with Gasteiger partial charge in [0.05, 0.1) is 5.56 Å². The van der Waals surface area contributed by atoms with Crippen molar-refractivity contribution in [1.82, 2.24) is 15.0 Å². The fourth-order valence-electron chi connectivity index (χ4n) is 7.04. The molecule has 0 fully saturated rings. The van der Waals surface area contributed by atoms with Crippen LogP contribution in [0.15, 0.2) is 168 Å². The average Bonchev–Trinajstić information content (AvgIpc) is 3.55. The van der Waals surface area contributed by atoms with E-state index in [0.717, 1.165) is 65.7 Å². The van der Waals surface area contributed by atoms with Crippen molar-refractivity contribution in [3.63, 3.8) is 0 Å². The lowest BCUT2D eigenvalue weighted by Crippen LogP contribution is -2.01. The van der Waals surface area contributed by atoms with Gasteiger partial charge >= 0.3 is 0 Å². The third kappa shape index (κ3) is 4.57. The number of fused-ring (bicyclic) bond motifs is 7. The number of rotatable bonds is 4. The molecule has 0 N–H and O–H groups in total. The Morgan fingerprint density at radius 2 is 0.878 bits per heavy atom. The van der Waals surface area contributed by atoms with Crippen LogP contribution in [0.3, 0.4) is 0 Å². The van der Waals surface area contributed by atoms with Crippen LogP contribution in [0.25, 0.3) is 99.5 Å². The largest absolute Gasteiger partial charge is 0.455 e. The highest BCUT2D eigenvalue weighted by Crippen LogP contribution is 2.42. The summed E-state index contributed by atoms with van der Waals surface area (Å²) in [5.41, 5.74) is 6.64. The van der Waals surface area contributed by atoms with E-state index in [-0.39, 0.29) is 0 Å². The lowest BCUT2D eigenvalue weighted by molar-refractivity contribution is 0.673. The molecule has 0 aliphatic rings. The van der Waals surface area contributed by atoms with Gasteiger partial charge < -0.3 is 4.42 Å². The predicted octanol–water partition coefficient (Wildman–Crippen LogP) is 11.9. The highest BCUT2D eigenvalue weighted by Gasteiger charge is 2.21. The standard InChI is InChI=1S/C45H27N3O/c1-2-12-31(13-3-1)43-46-44(32-21-18-29(19-22-32)34-23-20-28-10-4-5-14-33(28)26-34)48-45(47-43)40-36-16-8-7-15-35(36)27-39-38-25-24-30-11-6-9-17-37(30)41(38)49-42(39)40/h1-27H. The van der Waals surface area contributed by atoms with E-state index in [0.29, 0.717) is 17.5 Å². The topological polar surface area (TPSA) is 51.8 Å². The summed E-state index contributed by atoms with van der Waals surface area (Å²) in [4.78, 5) is 15.4. The van der Waals surface area contributed by atoms with Crippen molar-refractivity contribution in [1.29, 1.82) is 0 Å². The van der Waals surface area contributed by atoms with Crippen LogP contribution >= 0.6 is 0 Å². The van der Waals surface area contributed by atoms with Gasteiger partial charge in [-0.2, -0.15) is 0 Å². The second-order valence-corrected chi connectivity index (χ2v) is 12.4. The molecule has 228 valence electrons. The second-order valence-electron chi connectivity index (χ2n) is 12.4. The Morgan fingerprint density at radius 1 is 0.306 bits per heavy atom. The Hall–Kier alpha value is -6.65. The number of hydrogen-bond acceptors (Lipinski definition) is 4. The molecule has 0 saturated carbocycles. The Kier molecular flexibility index (Phi) is 6.15. The Bertz CT molecular complexity index is 2870. The van der Waals surface area contributed by atoms with Crippen LogP contribution in [0.1, 0.15) is 0 Å². The zero-order valence-corrected chi connectivity index (χ0v) is 26.3. The average molecular weight is 626 g/mol. The number of nitrogens with zero attached hydrogens (tertiary/aromatic N) is 3. The van der Waals surface area contributed by atoms with Crippen LogP contribution in [-0.4, -0.2) is 15.0 Å². The van der Waals surface area contributed by atoms with Crippen LogP contribution in [-0.2, 0) is 0 Å². The lowest BCUT2D eigenvalue weighted by atomic mass is 9.98. The van der Waals surface area contributed by atoms with Crippen LogP contribution in [0.5, 0.6) is 0 Å². The summed E-state index contributed by atoms with van der Waals surface area (Å²) in [5, 5.41) is 8.91. The Labute approximate surface area is 282 Å². The molecule has 0 unspecified atom stereocenters. The molecule has 49 heavy (non-hydrogen) atoms. The molecule has 0 spiro atoms. The smallest absolute Gasteiger partial charge is 0.168 e. The quantitative estimate of drug-likeness (QED) is 0.195. The van der Waals surface area contributed by atoms with Crippen LogP contribution in [0, 0.1) is 0 Å². The fraction of sp³-hybridized carbons (Fsp3) is 0. The van der Waals surface area contributed by atoms with E-state index < -0.39 is 0 Å². The molecule has 10 aromatic rings. The summed E-state index contributed by atoms with van der Waals surface area (Å²) in [6, 6.07) is 56.9. The number of hydrogen-bond donors (Lipinski definition) is 0. The van der Waals surface area contributed by atoms with E-state index in [1.165, 1.54) is 16.3 Å². The van der Waals surface area contributed by atoms with Crippen molar-refractivity contribution in [3.8, 4) is 45.3 Å². The van der Waals surface area contributed by atoms with Crippen LogP contribution < -0.4 is 0 Å². The van der Waals surface area contributed by atoms with Gasteiger partial charge in [0.1, 0.15) is 11.2 Å². The predicted molar refractivity (Wildman–Crippen MR) is 201 cm³/mol. The number of benzene rings is 8. The summed E-state index contributed by atoms with van der Waals surface area (Å²) in [7, 11) is 0. The van der Waals surface area contributed by atoms with Gasteiger partial charge in [-0.25, -0.2) is 15.0 Å². The first-order valence-corrected chi connectivity index (χ1v) is 16.4. The van der Waals surface area contributed by atoms with Gasteiger partial charge in [0.25, 0.3) is 0 Å². The second kappa shape index (κ2) is 11.0. The molecular weight excluding hydrogens is 599 g/mol. The maximum absolute atomic E-state index is 6.85. The van der Waals surface area contributed by atoms with E-state index >= 15 is 0 Å². The molecule has 0 aliphatic carbocycles. The molecule has 2 heterocycles. The first-order valence-electron chi connectivity index (χ1n) is 16.4. The molecule has 2 aromatic heterocycles. The molecule has 0 amide bonds. The van der Waals surface area contributed by atoms with E-state index in [2.05, 4.69) is 133 Å². The highest BCUT2D eigenvalue weighted by atomic mass is 16.3. The monoisotopic (exact) mass is 625 g/mol. The van der Waals surface area contributed by atoms with Crippen LogP contribution in [0.2, 0.25) is 0 Å². The summed E-state index contributed by atoms with van der Waals surface area (Å²) in [6.07, 6.45) is 0. The number of furan rings is 1. The highest BCUT2D eigenvalue weighted by molar-refractivity contribution is 6.21. The molecule has 10 rings (SSSR count). The third-order valence-electron chi connectivity index (χ3n) is 9.49. The minimum absolute atomic E-state index is 0.577. The van der Waals surface area contributed by atoms with E-state index in [9.17, 15) is 0 Å². The van der Waals surface area contributed by atoms with Gasteiger partial charge in [0.15, 0.2) is 17.5 Å². The Morgan fingerprint density at radius 3 is 1.67 bits per heavy atom. The molecule has 0 radical (unpaired) electrons. The normalized spacial score (nSPS) is 11.7. The zero-order valence-electron chi connectivity index (χ0n) is 26.3. The molecule has 4 nitrogen and oxygen atoms in total. The molecule has 0 aliphatic heterocycles. The summed E-state index contributed by atoms with van der Waals surface area (Å²) >= 11 is 0. The maximum Gasteiger partial charge on any atom is 0.168 e. The van der Waals surface area contributed by atoms with Crippen molar-refractivity contribution in [2.45, 2.75) is 0 Å². The minimum Gasteiger partial charge on any atom is -0.455 e. The van der Waals surface area contributed by atoms with E-state index in [1.54, 1.807) is 0 Å². The molecular formula is C45H27N3O. The molecule has 0 bridgehead atoms. The molecule has 4 heteroatoms. The van der Waals surface area contributed by atoms with Crippen molar-refractivity contribution in [2.24, 2.45) is 0 Å². The van der Waals surface area contributed by atoms with Crippen molar-refractivity contribution in [3.05, 3.63) is 164 Å². The fourth-order valence-corrected chi connectivity index (χ4v) is 7.04. The van der Waals surface area contributed by atoms with Gasteiger partial charge in [-0.15, -0.1) is 0 Å². The first kappa shape index (κ1) is 27.5. The molecule has 8 aromatic carbocycles. The van der Waals surface area contributed by atoms with Gasteiger partial charge in [0, 0.05) is 27.3 Å². The van der Waals surface area contributed by atoms with Crippen molar-refractivity contribution < 1.29 is 4.42 Å². The summed E-state index contributed by atoms with van der Waals surface area (Å²) < 4.78 is 6.85. The summed E-state index contributed by atoms with van der Waals surface area (Å²) in [6.45, 7) is 0.